The molecule has 0 saturated heterocycles. The van der Waals surface area contributed by atoms with E-state index in [4.69, 9.17) is 0 Å². The van der Waals surface area contributed by atoms with Crippen molar-refractivity contribution < 1.29 is 4.79 Å². The van der Waals surface area contributed by atoms with Crippen LogP contribution in [0.15, 0.2) is 37.1 Å². The predicted molar refractivity (Wildman–Crippen MR) is 83.0 cm³/mol. The number of rotatable bonds is 6. The summed E-state index contributed by atoms with van der Waals surface area (Å²) in [5.41, 5.74) is 5.70. The van der Waals surface area contributed by atoms with Crippen molar-refractivity contribution in [1.82, 2.24) is 10.2 Å². The van der Waals surface area contributed by atoms with Crippen molar-refractivity contribution in [3.63, 3.8) is 0 Å². The van der Waals surface area contributed by atoms with Gasteiger partial charge in [0.2, 0.25) is 0 Å². The van der Waals surface area contributed by atoms with Gasteiger partial charge < -0.3 is 15.0 Å². The van der Waals surface area contributed by atoms with Gasteiger partial charge in [-0.3, -0.25) is 0 Å². The maximum absolute atomic E-state index is 10.7. The summed E-state index contributed by atoms with van der Waals surface area (Å²) in [6.07, 6.45) is 2.26. The van der Waals surface area contributed by atoms with E-state index in [1.54, 1.807) is 0 Å². The second-order valence-electron chi connectivity index (χ2n) is 5.27. The fourth-order valence-electron chi connectivity index (χ4n) is 2.74. The normalized spacial score (nSPS) is 14.9. The lowest BCUT2D eigenvalue weighted by molar-refractivity contribution is -0.108. The first-order valence-electron chi connectivity index (χ1n) is 6.94. The lowest BCUT2D eigenvalue weighted by atomic mass is 10.1. The summed E-state index contributed by atoms with van der Waals surface area (Å²) in [5, 5.41) is 3.12. The van der Waals surface area contributed by atoms with Crippen LogP contribution in [0.1, 0.15) is 29.5 Å². The molecule has 1 N–H and O–H groups in total. The topological polar surface area (TPSA) is 32.3 Å². The van der Waals surface area contributed by atoms with Crippen LogP contribution >= 0.6 is 0 Å². The first-order valence-corrected chi connectivity index (χ1v) is 6.94. The zero-order valence-electron chi connectivity index (χ0n) is 12.3. The standard InChI is InChI=1S/C17H22N2O/c1-12-7-8-15-11-19(14(3)16(15)10-12)17(6-5-9-20)13(2)18-4/h7-10,17-18H,2-3,5-6,11H2,1,4H3. The molecule has 0 aliphatic carbocycles. The molecular formula is C17H22N2O. The Bertz CT molecular complexity index is 548. The summed E-state index contributed by atoms with van der Waals surface area (Å²) in [5.74, 6) is 0. The average Bonchev–Trinajstić information content (AvgIpc) is 2.76. The van der Waals surface area contributed by atoms with Crippen molar-refractivity contribution in [3.8, 4) is 0 Å². The lowest BCUT2D eigenvalue weighted by Gasteiger charge is -2.31. The number of nitrogens with zero attached hydrogens (tertiary/aromatic N) is 1. The molecule has 106 valence electrons. The first-order chi connectivity index (χ1) is 9.58. The summed E-state index contributed by atoms with van der Waals surface area (Å²) < 4.78 is 0. The molecular weight excluding hydrogens is 248 g/mol. The molecule has 1 aliphatic heterocycles. The van der Waals surface area contributed by atoms with Gasteiger partial charge in [0.1, 0.15) is 6.29 Å². The van der Waals surface area contributed by atoms with Gasteiger partial charge in [-0.15, -0.1) is 0 Å². The van der Waals surface area contributed by atoms with Crippen LogP contribution in [0, 0.1) is 6.92 Å². The Kier molecular flexibility index (Phi) is 4.28. The minimum Gasteiger partial charge on any atom is -0.390 e. The van der Waals surface area contributed by atoms with E-state index >= 15 is 0 Å². The van der Waals surface area contributed by atoms with Gasteiger partial charge in [0.15, 0.2) is 0 Å². The van der Waals surface area contributed by atoms with Gasteiger partial charge in [0.05, 0.1) is 6.04 Å². The number of hydrogen-bond acceptors (Lipinski definition) is 3. The summed E-state index contributed by atoms with van der Waals surface area (Å²) in [6.45, 7) is 11.2. The highest BCUT2D eigenvalue weighted by atomic mass is 16.1. The van der Waals surface area contributed by atoms with Gasteiger partial charge in [-0.1, -0.05) is 30.9 Å². The smallest absolute Gasteiger partial charge is 0.120 e. The van der Waals surface area contributed by atoms with Crippen LogP contribution in [-0.4, -0.2) is 24.3 Å². The molecule has 0 saturated carbocycles. The van der Waals surface area contributed by atoms with E-state index in [0.29, 0.717) is 6.42 Å². The van der Waals surface area contributed by atoms with Crippen LogP contribution in [0.4, 0.5) is 0 Å². The summed E-state index contributed by atoms with van der Waals surface area (Å²) in [4.78, 5) is 12.9. The molecule has 3 nitrogen and oxygen atoms in total. The molecule has 0 fully saturated rings. The number of aldehydes is 1. The Morgan fingerprint density at radius 1 is 1.55 bits per heavy atom. The lowest BCUT2D eigenvalue weighted by Crippen LogP contribution is -2.35. The monoisotopic (exact) mass is 270 g/mol. The highest BCUT2D eigenvalue weighted by molar-refractivity contribution is 5.70. The van der Waals surface area contributed by atoms with Crippen molar-refractivity contribution in [2.75, 3.05) is 7.05 Å². The molecule has 0 amide bonds. The van der Waals surface area contributed by atoms with Crippen molar-refractivity contribution in [2.45, 2.75) is 32.4 Å². The maximum atomic E-state index is 10.7. The fourth-order valence-corrected chi connectivity index (χ4v) is 2.74. The number of benzene rings is 1. The van der Waals surface area contributed by atoms with E-state index in [1.807, 2.05) is 7.05 Å². The summed E-state index contributed by atoms with van der Waals surface area (Å²) >= 11 is 0. The Morgan fingerprint density at radius 3 is 2.95 bits per heavy atom. The molecule has 0 aromatic heterocycles. The van der Waals surface area contributed by atoms with E-state index in [9.17, 15) is 4.79 Å². The SMILES string of the molecule is C=C(NC)C(CCC=O)N1Cc2ccc(C)cc2C1=C. The highest BCUT2D eigenvalue weighted by Gasteiger charge is 2.29. The van der Waals surface area contributed by atoms with E-state index in [-0.39, 0.29) is 6.04 Å². The maximum Gasteiger partial charge on any atom is 0.120 e. The van der Waals surface area contributed by atoms with Crippen LogP contribution < -0.4 is 5.32 Å². The highest BCUT2D eigenvalue weighted by Crippen LogP contribution is 2.35. The summed E-state index contributed by atoms with van der Waals surface area (Å²) in [7, 11) is 1.87. The third kappa shape index (κ3) is 2.62. The Hall–Kier alpha value is -2.03. The number of carbonyl (C=O) groups excluding carboxylic acids is 1. The van der Waals surface area contributed by atoms with Gasteiger partial charge in [-0.25, -0.2) is 0 Å². The van der Waals surface area contributed by atoms with E-state index in [2.05, 4.69) is 48.5 Å². The first kappa shape index (κ1) is 14.4. The molecule has 1 aromatic carbocycles. The molecule has 0 spiro atoms. The minimum absolute atomic E-state index is 0.102. The van der Waals surface area contributed by atoms with Gasteiger partial charge in [0, 0.05) is 37.0 Å². The third-order valence-corrected chi connectivity index (χ3v) is 3.92. The van der Waals surface area contributed by atoms with Crippen molar-refractivity contribution >= 4 is 12.0 Å². The van der Waals surface area contributed by atoms with Gasteiger partial charge in [-0.2, -0.15) is 0 Å². The molecule has 0 bridgehead atoms. The molecule has 1 unspecified atom stereocenters. The molecule has 1 heterocycles. The number of nitrogens with one attached hydrogen (secondary N) is 1. The third-order valence-electron chi connectivity index (χ3n) is 3.92. The minimum atomic E-state index is 0.102. The van der Waals surface area contributed by atoms with Gasteiger partial charge >= 0.3 is 0 Å². The molecule has 1 aliphatic rings. The number of hydrogen-bond donors (Lipinski definition) is 1. The van der Waals surface area contributed by atoms with Crippen LogP contribution in [0.25, 0.3) is 5.70 Å². The van der Waals surface area contributed by atoms with Gasteiger partial charge in [0.25, 0.3) is 0 Å². The number of likely N-dealkylation sites (N-methyl/N-ethyl adjacent to an activating group) is 1. The average molecular weight is 270 g/mol. The Morgan fingerprint density at radius 2 is 2.30 bits per heavy atom. The van der Waals surface area contributed by atoms with Crippen LogP contribution in [0.5, 0.6) is 0 Å². The van der Waals surface area contributed by atoms with Crippen molar-refractivity contribution in [1.29, 1.82) is 0 Å². The second-order valence-corrected chi connectivity index (χ2v) is 5.27. The largest absolute Gasteiger partial charge is 0.390 e. The second kappa shape index (κ2) is 5.95. The molecule has 1 aromatic rings. The fraction of sp³-hybridized carbons (Fsp3) is 0.353. The number of aryl methyl sites for hydroxylation is 1. The predicted octanol–water partition coefficient (Wildman–Crippen LogP) is 2.86. The Balaban J connectivity index is 2.26. The van der Waals surface area contributed by atoms with Crippen LogP contribution in [0.3, 0.4) is 0 Å². The zero-order valence-corrected chi connectivity index (χ0v) is 12.3. The molecule has 0 radical (unpaired) electrons. The van der Waals surface area contributed by atoms with E-state index in [0.717, 1.165) is 30.6 Å². The summed E-state index contributed by atoms with van der Waals surface area (Å²) in [6, 6.07) is 6.57. The van der Waals surface area contributed by atoms with Crippen molar-refractivity contribution in [2.24, 2.45) is 0 Å². The van der Waals surface area contributed by atoms with Crippen LogP contribution in [-0.2, 0) is 11.3 Å². The Labute approximate surface area is 121 Å². The molecule has 3 heteroatoms. The number of fused-ring (bicyclic) bond motifs is 1. The quantitative estimate of drug-likeness (QED) is 0.807. The van der Waals surface area contributed by atoms with Gasteiger partial charge in [-0.05, 0) is 25.0 Å². The van der Waals surface area contributed by atoms with Crippen molar-refractivity contribution in [3.05, 3.63) is 53.7 Å². The molecule has 1 atom stereocenters. The van der Waals surface area contributed by atoms with E-state index in [1.165, 1.54) is 16.7 Å². The molecule has 2 rings (SSSR count). The van der Waals surface area contributed by atoms with E-state index < -0.39 is 0 Å². The number of carbonyl (C=O) groups is 1. The molecule has 20 heavy (non-hydrogen) atoms. The van der Waals surface area contributed by atoms with Crippen LogP contribution in [0.2, 0.25) is 0 Å². The zero-order chi connectivity index (χ0) is 14.7.